The van der Waals surface area contributed by atoms with E-state index >= 15 is 0 Å². The fourth-order valence-electron chi connectivity index (χ4n) is 2.82. The van der Waals surface area contributed by atoms with Gasteiger partial charge in [0.2, 0.25) is 0 Å². The van der Waals surface area contributed by atoms with Gasteiger partial charge in [-0.1, -0.05) is 37.8 Å². The second kappa shape index (κ2) is 7.58. The van der Waals surface area contributed by atoms with Gasteiger partial charge >= 0.3 is 0 Å². The van der Waals surface area contributed by atoms with Crippen LogP contribution in [0.2, 0.25) is 0 Å². The summed E-state index contributed by atoms with van der Waals surface area (Å²) in [6, 6.07) is 6.18. The molecule has 1 fully saturated rings. The summed E-state index contributed by atoms with van der Waals surface area (Å²) in [7, 11) is 0. The molecule has 22 heavy (non-hydrogen) atoms. The van der Waals surface area contributed by atoms with Gasteiger partial charge in [-0.3, -0.25) is 4.99 Å². The molecular formula is C17H26FN3O. The molecule has 1 atom stereocenters. The van der Waals surface area contributed by atoms with Gasteiger partial charge in [-0.05, 0) is 37.5 Å². The van der Waals surface area contributed by atoms with E-state index in [1.54, 1.807) is 19.1 Å². The first-order valence-corrected chi connectivity index (χ1v) is 8.02. The molecule has 0 amide bonds. The number of guanidine groups is 1. The maximum atomic E-state index is 12.9. The summed E-state index contributed by atoms with van der Waals surface area (Å²) < 4.78 is 12.9. The zero-order valence-electron chi connectivity index (χ0n) is 13.2. The van der Waals surface area contributed by atoms with Crippen LogP contribution in [0.25, 0.3) is 0 Å². The van der Waals surface area contributed by atoms with E-state index in [4.69, 9.17) is 5.73 Å². The van der Waals surface area contributed by atoms with E-state index in [2.05, 4.69) is 10.3 Å². The van der Waals surface area contributed by atoms with Crippen LogP contribution in [0, 0.1) is 5.82 Å². The number of nitrogens with one attached hydrogen (secondary N) is 1. The summed E-state index contributed by atoms with van der Waals surface area (Å²) in [5.41, 5.74) is 5.39. The van der Waals surface area contributed by atoms with Crippen molar-refractivity contribution in [3.63, 3.8) is 0 Å². The SMILES string of the molecule is CC(O)(CN=C(N)NC1CCCCCC1)c1ccc(F)cc1. The Labute approximate surface area is 131 Å². The Morgan fingerprint density at radius 2 is 1.86 bits per heavy atom. The number of nitrogens with two attached hydrogens (primary N) is 1. The highest BCUT2D eigenvalue weighted by molar-refractivity contribution is 5.78. The van der Waals surface area contributed by atoms with Crippen molar-refractivity contribution in [2.75, 3.05) is 6.54 Å². The van der Waals surface area contributed by atoms with Gasteiger partial charge in [-0.25, -0.2) is 4.39 Å². The molecule has 0 radical (unpaired) electrons. The summed E-state index contributed by atoms with van der Waals surface area (Å²) in [6.07, 6.45) is 7.24. The molecular weight excluding hydrogens is 281 g/mol. The van der Waals surface area contributed by atoms with Crippen LogP contribution in [0.4, 0.5) is 4.39 Å². The predicted molar refractivity (Wildman–Crippen MR) is 87.1 cm³/mol. The largest absolute Gasteiger partial charge is 0.384 e. The first-order valence-electron chi connectivity index (χ1n) is 8.02. The highest BCUT2D eigenvalue weighted by Gasteiger charge is 2.23. The topological polar surface area (TPSA) is 70.6 Å². The smallest absolute Gasteiger partial charge is 0.188 e. The monoisotopic (exact) mass is 307 g/mol. The fourth-order valence-corrected chi connectivity index (χ4v) is 2.82. The van der Waals surface area contributed by atoms with Crippen molar-refractivity contribution >= 4 is 5.96 Å². The van der Waals surface area contributed by atoms with Crippen LogP contribution in [-0.2, 0) is 5.60 Å². The van der Waals surface area contributed by atoms with Gasteiger partial charge in [0.1, 0.15) is 11.4 Å². The van der Waals surface area contributed by atoms with Gasteiger partial charge in [-0.15, -0.1) is 0 Å². The maximum Gasteiger partial charge on any atom is 0.188 e. The molecule has 2 rings (SSSR count). The Morgan fingerprint density at radius 3 is 2.45 bits per heavy atom. The third kappa shape index (κ3) is 4.98. The summed E-state index contributed by atoms with van der Waals surface area (Å²) in [4.78, 5) is 4.26. The molecule has 0 bridgehead atoms. The number of aliphatic hydroxyl groups is 1. The number of aliphatic imine (C=N–C) groups is 1. The maximum absolute atomic E-state index is 12.9. The minimum absolute atomic E-state index is 0.143. The lowest BCUT2D eigenvalue weighted by molar-refractivity contribution is 0.0672. The Kier molecular flexibility index (Phi) is 5.77. The highest BCUT2D eigenvalue weighted by atomic mass is 19.1. The fraction of sp³-hybridized carbons (Fsp3) is 0.588. The van der Waals surface area contributed by atoms with Crippen molar-refractivity contribution < 1.29 is 9.50 Å². The summed E-state index contributed by atoms with van der Waals surface area (Å²) in [6.45, 7) is 1.80. The number of nitrogens with zero attached hydrogens (tertiary/aromatic N) is 1. The Balaban J connectivity index is 1.92. The van der Waals surface area contributed by atoms with Crippen molar-refractivity contribution in [1.29, 1.82) is 0 Å². The number of rotatable bonds is 4. The molecule has 1 unspecified atom stereocenters. The average molecular weight is 307 g/mol. The van der Waals surface area contributed by atoms with Crippen LogP contribution in [0.15, 0.2) is 29.3 Å². The molecule has 1 aliphatic rings. The summed E-state index contributed by atoms with van der Waals surface area (Å²) in [5, 5.41) is 13.7. The van der Waals surface area contributed by atoms with Gasteiger partial charge in [-0.2, -0.15) is 0 Å². The minimum atomic E-state index is -1.16. The van der Waals surface area contributed by atoms with Gasteiger partial charge in [0.25, 0.3) is 0 Å². The lowest BCUT2D eigenvalue weighted by Gasteiger charge is -2.23. The molecule has 1 aliphatic carbocycles. The lowest BCUT2D eigenvalue weighted by Crippen LogP contribution is -2.40. The lowest BCUT2D eigenvalue weighted by atomic mass is 9.96. The van der Waals surface area contributed by atoms with Crippen molar-refractivity contribution in [1.82, 2.24) is 5.32 Å². The molecule has 0 aromatic heterocycles. The number of halogens is 1. The van der Waals surface area contributed by atoms with Gasteiger partial charge in [0, 0.05) is 6.04 Å². The molecule has 1 aromatic rings. The normalized spacial score (nSPS) is 20.2. The Hall–Kier alpha value is -1.62. The van der Waals surface area contributed by atoms with Gasteiger partial charge < -0.3 is 16.2 Å². The molecule has 0 saturated heterocycles. The van der Waals surface area contributed by atoms with E-state index in [9.17, 15) is 9.50 Å². The first kappa shape index (κ1) is 16.7. The highest BCUT2D eigenvalue weighted by Crippen LogP contribution is 2.21. The van der Waals surface area contributed by atoms with E-state index in [0.717, 1.165) is 12.8 Å². The molecule has 1 aromatic carbocycles. The average Bonchev–Trinajstić information content (AvgIpc) is 2.74. The summed E-state index contributed by atoms with van der Waals surface area (Å²) >= 11 is 0. The standard InChI is InChI=1S/C17H26FN3O/c1-17(22,13-8-10-14(18)11-9-13)12-20-16(19)21-15-6-4-2-3-5-7-15/h8-11,15,22H,2-7,12H2,1H3,(H3,19,20,21). The van der Waals surface area contributed by atoms with Crippen LogP contribution in [0.3, 0.4) is 0 Å². The number of benzene rings is 1. The Bertz CT molecular complexity index is 491. The van der Waals surface area contributed by atoms with E-state index in [1.807, 2.05) is 0 Å². The molecule has 5 heteroatoms. The minimum Gasteiger partial charge on any atom is -0.384 e. The van der Waals surface area contributed by atoms with Crippen LogP contribution in [0.5, 0.6) is 0 Å². The van der Waals surface area contributed by atoms with Crippen LogP contribution in [-0.4, -0.2) is 23.7 Å². The molecule has 1 saturated carbocycles. The molecule has 4 nitrogen and oxygen atoms in total. The second-order valence-corrected chi connectivity index (χ2v) is 6.32. The zero-order valence-corrected chi connectivity index (χ0v) is 13.2. The quantitative estimate of drug-likeness (QED) is 0.455. The molecule has 0 heterocycles. The first-order chi connectivity index (χ1) is 10.5. The molecule has 122 valence electrons. The predicted octanol–water partition coefficient (Wildman–Crippen LogP) is 2.66. The number of hydrogen-bond donors (Lipinski definition) is 3. The molecule has 0 aliphatic heterocycles. The van der Waals surface area contributed by atoms with Gasteiger partial charge in [0.05, 0.1) is 6.54 Å². The van der Waals surface area contributed by atoms with E-state index in [-0.39, 0.29) is 12.4 Å². The van der Waals surface area contributed by atoms with Crippen LogP contribution < -0.4 is 11.1 Å². The zero-order chi connectivity index (χ0) is 16.0. The van der Waals surface area contributed by atoms with E-state index in [1.165, 1.54) is 37.8 Å². The van der Waals surface area contributed by atoms with Crippen molar-refractivity contribution in [3.05, 3.63) is 35.6 Å². The van der Waals surface area contributed by atoms with Crippen LogP contribution >= 0.6 is 0 Å². The molecule has 0 spiro atoms. The summed E-state index contributed by atoms with van der Waals surface area (Å²) in [5.74, 6) is 0.0480. The third-order valence-electron chi connectivity index (χ3n) is 4.23. The van der Waals surface area contributed by atoms with Crippen LogP contribution in [0.1, 0.15) is 51.0 Å². The van der Waals surface area contributed by atoms with Crippen molar-refractivity contribution in [3.8, 4) is 0 Å². The number of hydrogen-bond acceptors (Lipinski definition) is 2. The Morgan fingerprint density at radius 1 is 1.27 bits per heavy atom. The third-order valence-corrected chi connectivity index (χ3v) is 4.23. The van der Waals surface area contributed by atoms with Crippen molar-refractivity contribution in [2.24, 2.45) is 10.7 Å². The van der Waals surface area contributed by atoms with E-state index < -0.39 is 5.60 Å². The van der Waals surface area contributed by atoms with Gasteiger partial charge in [0.15, 0.2) is 5.96 Å². The van der Waals surface area contributed by atoms with E-state index in [0.29, 0.717) is 17.6 Å². The second-order valence-electron chi connectivity index (χ2n) is 6.32. The van der Waals surface area contributed by atoms with Crippen molar-refractivity contribution in [2.45, 2.75) is 57.1 Å². The molecule has 4 N–H and O–H groups in total.